The topological polar surface area (TPSA) is 28.0 Å². The second-order valence-corrected chi connectivity index (χ2v) is 1.69. The quantitative estimate of drug-likeness (QED) is 0.342. The molecule has 11 heavy (non-hydrogen) atoms. The Bertz CT molecular complexity index is 192. The number of hydrogen-bond acceptors (Lipinski definition) is 2. The smallest absolute Gasteiger partial charge is 0.147 e. The lowest BCUT2D eigenvalue weighted by molar-refractivity contribution is 0.609. The number of hydrogen-bond donors (Lipinski definition) is 0. The Kier molecular flexibility index (Phi) is 4.73. The summed E-state index contributed by atoms with van der Waals surface area (Å²) in [6, 6.07) is 0. The Morgan fingerprint density at radius 3 is 2.36 bits per heavy atom. The zero-order valence-corrected chi connectivity index (χ0v) is 6.99. The van der Waals surface area contributed by atoms with Crippen molar-refractivity contribution < 1.29 is 0 Å². The summed E-state index contributed by atoms with van der Waals surface area (Å²) in [4.78, 5) is 3.94. The van der Waals surface area contributed by atoms with Crippen LogP contribution in [0.5, 0.6) is 0 Å². The molecule has 0 saturated carbocycles. The van der Waals surface area contributed by atoms with E-state index >= 15 is 0 Å². The first-order valence-corrected chi connectivity index (χ1v) is 3.29. The molecule has 0 bridgehead atoms. The molecule has 0 N–H and O–H groups in total. The van der Waals surface area contributed by atoms with E-state index in [1.54, 1.807) is 30.5 Å². The number of amidine groups is 1. The Labute approximate surface area is 67.4 Å². The zero-order chi connectivity index (χ0) is 8.69. The maximum Gasteiger partial charge on any atom is 0.147 e. The Morgan fingerprint density at radius 2 is 2.09 bits per heavy atom. The third-order valence-electron chi connectivity index (χ3n) is 1.06. The lowest BCUT2D eigenvalue weighted by Gasteiger charge is -2.11. The molecule has 0 heterocycles. The SMILES string of the molecule is C=CC(=NC)N(C=C)/N=C\C. The van der Waals surface area contributed by atoms with Crippen LogP contribution in [0.1, 0.15) is 6.92 Å². The van der Waals surface area contributed by atoms with Gasteiger partial charge >= 0.3 is 0 Å². The summed E-state index contributed by atoms with van der Waals surface area (Å²) in [7, 11) is 1.68. The van der Waals surface area contributed by atoms with Crippen LogP contribution in [0.2, 0.25) is 0 Å². The maximum atomic E-state index is 3.97. The second-order valence-electron chi connectivity index (χ2n) is 1.69. The van der Waals surface area contributed by atoms with Crippen LogP contribution >= 0.6 is 0 Å². The molecule has 60 valence electrons. The summed E-state index contributed by atoms with van der Waals surface area (Å²) >= 11 is 0. The van der Waals surface area contributed by atoms with E-state index in [4.69, 9.17) is 0 Å². The summed E-state index contributed by atoms with van der Waals surface area (Å²) in [5.74, 6) is 0.679. The molecule has 0 spiro atoms. The van der Waals surface area contributed by atoms with Gasteiger partial charge in [-0.2, -0.15) is 5.10 Å². The van der Waals surface area contributed by atoms with E-state index in [2.05, 4.69) is 23.3 Å². The molecule has 0 radical (unpaired) electrons. The molecule has 0 aliphatic rings. The van der Waals surface area contributed by atoms with Gasteiger partial charge in [-0.05, 0) is 13.0 Å². The highest BCUT2D eigenvalue weighted by molar-refractivity contribution is 5.93. The van der Waals surface area contributed by atoms with Gasteiger partial charge in [-0.15, -0.1) is 0 Å². The third-order valence-corrected chi connectivity index (χ3v) is 1.06. The van der Waals surface area contributed by atoms with Gasteiger partial charge in [0, 0.05) is 19.5 Å². The average Bonchev–Trinajstić information content (AvgIpc) is 2.05. The molecule has 0 amide bonds. The summed E-state index contributed by atoms with van der Waals surface area (Å²) in [5, 5.41) is 5.52. The predicted molar refractivity (Wildman–Crippen MR) is 49.8 cm³/mol. The van der Waals surface area contributed by atoms with E-state index in [1.165, 1.54) is 0 Å². The monoisotopic (exact) mass is 151 g/mol. The molecular weight excluding hydrogens is 138 g/mol. The molecule has 0 aromatic rings. The molecule has 0 aliphatic carbocycles. The van der Waals surface area contributed by atoms with Crippen LogP contribution in [0.15, 0.2) is 35.5 Å². The van der Waals surface area contributed by atoms with Gasteiger partial charge in [0.05, 0.1) is 0 Å². The largest absolute Gasteiger partial charge is 0.270 e. The minimum atomic E-state index is 0.679. The van der Waals surface area contributed by atoms with Crippen molar-refractivity contribution in [2.24, 2.45) is 10.1 Å². The van der Waals surface area contributed by atoms with E-state index in [0.29, 0.717) is 5.84 Å². The van der Waals surface area contributed by atoms with E-state index in [-0.39, 0.29) is 0 Å². The minimum absolute atomic E-state index is 0.679. The molecule has 0 rings (SSSR count). The van der Waals surface area contributed by atoms with Gasteiger partial charge in [0.25, 0.3) is 0 Å². The van der Waals surface area contributed by atoms with Gasteiger partial charge in [0.15, 0.2) is 0 Å². The normalized spacial score (nSPS) is 11.6. The summed E-state index contributed by atoms with van der Waals surface area (Å²) in [5.41, 5.74) is 0. The van der Waals surface area contributed by atoms with Crippen molar-refractivity contribution in [3.63, 3.8) is 0 Å². The molecule has 0 fully saturated rings. The molecule has 3 heteroatoms. The molecule has 3 nitrogen and oxygen atoms in total. The maximum absolute atomic E-state index is 3.97. The van der Waals surface area contributed by atoms with E-state index in [1.807, 2.05) is 6.92 Å². The van der Waals surface area contributed by atoms with Crippen molar-refractivity contribution in [1.29, 1.82) is 0 Å². The third kappa shape index (κ3) is 2.80. The van der Waals surface area contributed by atoms with Crippen LogP contribution in [-0.2, 0) is 0 Å². The van der Waals surface area contributed by atoms with Gasteiger partial charge in [0.2, 0.25) is 0 Å². The van der Waals surface area contributed by atoms with Crippen molar-refractivity contribution in [1.82, 2.24) is 5.01 Å². The number of hydrazone groups is 1. The Balaban J connectivity index is 4.46. The highest BCUT2D eigenvalue weighted by Gasteiger charge is 1.97. The Morgan fingerprint density at radius 1 is 1.45 bits per heavy atom. The molecule has 0 aliphatic heterocycles. The number of nitrogens with zero attached hydrogens (tertiary/aromatic N) is 3. The first kappa shape index (κ1) is 9.62. The fourth-order valence-corrected chi connectivity index (χ4v) is 0.611. The second kappa shape index (κ2) is 5.41. The molecule has 0 aromatic heterocycles. The van der Waals surface area contributed by atoms with Crippen molar-refractivity contribution in [3.8, 4) is 0 Å². The van der Waals surface area contributed by atoms with Crippen molar-refractivity contribution >= 4 is 12.1 Å². The van der Waals surface area contributed by atoms with Crippen LogP contribution in [-0.4, -0.2) is 24.1 Å². The van der Waals surface area contributed by atoms with Gasteiger partial charge < -0.3 is 0 Å². The van der Waals surface area contributed by atoms with Gasteiger partial charge in [-0.1, -0.05) is 13.2 Å². The lowest BCUT2D eigenvalue weighted by Crippen LogP contribution is -2.17. The van der Waals surface area contributed by atoms with Gasteiger partial charge in [-0.25, -0.2) is 5.01 Å². The molecule has 0 aromatic carbocycles. The predicted octanol–water partition coefficient (Wildman–Crippen LogP) is 1.65. The highest BCUT2D eigenvalue weighted by Crippen LogP contribution is 1.93. The van der Waals surface area contributed by atoms with Crippen molar-refractivity contribution in [2.45, 2.75) is 6.92 Å². The van der Waals surface area contributed by atoms with Crippen LogP contribution in [0.4, 0.5) is 0 Å². The highest BCUT2D eigenvalue weighted by atomic mass is 15.5. The summed E-state index contributed by atoms with van der Waals surface area (Å²) in [6.07, 6.45) is 4.86. The number of aliphatic imine (C=N–C) groups is 1. The van der Waals surface area contributed by atoms with E-state index in [0.717, 1.165) is 0 Å². The van der Waals surface area contributed by atoms with Crippen molar-refractivity contribution in [2.75, 3.05) is 7.05 Å². The van der Waals surface area contributed by atoms with Crippen LogP contribution < -0.4 is 0 Å². The average molecular weight is 151 g/mol. The minimum Gasteiger partial charge on any atom is -0.270 e. The van der Waals surface area contributed by atoms with Gasteiger partial charge in [-0.3, -0.25) is 4.99 Å². The number of rotatable bonds is 3. The molecular formula is C8H13N3. The summed E-state index contributed by atoms with van der Waals surface area (Å²) in [6.45, 7) is 9.00. The standard InChI is InChI=1S/C8H13N3/c1-5-8(9-4)11(7-3)10-6-2/h5-7H,1,3H2,2,4H3/b9-8?,10-6-. The fraction of sp³-hybridized carbons (Fsp3) is 0.250. The molecule has 0 unspecified atom stereocenters. The molecule has 0 saturated heterocycles. The first-order valence-electron chi connectivity index (χ1n) is 3.29. The molecule has 0 atom stereocenters. The van der Waals surface area contributed by atoms with Crippen LogP contribution in [0.25, 0.3) is 0 Å². The lowest BCUT2D eigenvalue weighted by atomic mass is 10.5. The summed E-state index contributed by atoms with van der Waals surface area (Å²) < 4.78 is 0. The zero-order valence-electron chi connectivity index (χ0n) is 6.99. The van der Waals surface area contributed by atoms with Crippen LogP contribution in [0.3, 0.4) is 0 Å². The first-order chi connectivity index (χ1) is 5.29. The van der Waals surface area contributed by atoms with E-state index < -0.39 is 0 Å². The van der Waals surface area contributed by atoms with E-state index in [9.17, 15) is 0 Å². The Hall–Kier alpha value is -1.38. The fourth-order valence-electron chi connectivity index (χ4n) is 0.611. The van der Waals surface area contributed by atoms with Crippen LogP contribution in [0, 0.1) is 0 Å². The van der Waals surface area contributed by atoms with Gasteiger partial charge in [0.1, 0.15) is 5.84 Å². The van der Waals surface area contributed by atoms with Crippen molar-refractivity contribution in [3.05, 3.63) is 25.4 Å².